The third-order valence-electron chi connectivity index (χ3n) is 5.24. The van der Waals surface area contributed by atoms with Gasteiger partial charge < -0.3 is 10.1 Å². The first kappa shape index (κ1) is 22.9. The van der Waals surface area contributed by atoms with E-state index in [2.05, 4.69) is 5.32 Å². The number of methoxy groups -OCH3 is 1. The van der Waals surface area contributed by atoms with Crippen molar-refractivity contribution >= 4 is 39.1 Å². The molecule has 0 radical (unpaired) electrons. The smallest absolute Gasteiger partial charge is 0.243 e. The number of piperidine rings is 1. The fourth-order valence-corrected chi connectivity index (χ4v) is 5.50. The van der Waals surface area contributed by atoms with Gasteiger partial charge in [-0.15, -0.1) is 0 Å². The molecule has 1 aliphatic heterocycles. The normalized spacial score (nSPS) is 18.6. The van der Waals surface area contributed by atoms with Crippen molar-refractivity contribution < 1.29 is 17.9 Å². The Labute approximate surface area is 187 Å². The lowest BCUT2D eigenvalue weighted by Crippen LogP contribution is -2.45. The Kier molecular flexibility index (Phi) is 7.29. The predicted octanol–water partition coefficient (Wildman–Crippen LogP) is 4.28. The summed E-state index contributed by atoms with van der Waals surface area (Å²) in [7, 11) is -2.30. The van der Waals surface area contributed by atoms with Gasteiger partial charge >= 0.3 is 0 Å². The molecule has 30 heavy (non-hydrogen) atoms. The predicted molar refractivity (Wildman–Crippen MR) is 117 cm³/mol. The molecule has 9 heteroatoms. The van der Waals surface area contributed by atoms with Crippen molar-refractivity contribution in [3.63, 3.8) is 0 Å². The van der Waals surface area contributed by atoms with Crippen molar-refractivity contribution in [2.45, 2.75) is 30.7 Å². The third kappa shape index (κ3) is 5.09. The lowest BCUT2D eigenvalue weighted by molar-refractivity contribution is -0.126. The number of hydrogen-bond acceptors (Lipinski definition) is 4. The van der Waals surface area contributed by atoms with Crippen LogP contribution < -0.4 is 10.1 Å². The van der Waals surface area contributed by atoms with Crippen LogP contribution in [0.15, 0.2) is 47.4 Å². The average Bonchev–Trinajstić information content (AvgIpc) is 2.74. The van der Waals surface area contributed by atoms with E-state index in [4.69, 9.17) is 27.9 Å². The molecule has 2 aromatic carbocycles. The molecule has 3 rings (SSSR count). The number of nitrogens with zero attached hydrogens (tertiary/aromatic N) is 1. The van der Waals surface area contributed by atoms with Crippen LogP contribution in [0, 0.1) is 5.92 Å². The van der Waals surface area contributed by atoms with E-state index in [0.29, 0.717) is 30.2 Å². The van der Waals surface area contributed by atoms with Gasteiger partial charge in [0.25, 0.3) is 0 Å². The largest absolute Gasteiger partial charge is 0.495 e. The number of halogens is 2. The molecule has 0 aliphatic carbocycles. The molecule has 0 aromatic heterocycles. The van der Waals surface area contributed by atoms with Crippen LogP contribution in [0.5, 0.6) is 5.75 Å². The highest BCUT2D eigenvalue weighted by molar-refractivity contribution is 7.89. The van der Waals surface area contributed by atoms with Gasteiger partial charge in [0.2, 0.25) is 15.9 Å². The molecular formula is C21H24Cl2N2O4S. The first-order chi connectivity index (χ1) is 14.2. The minimum absolute atomic E-state index is 0.0869. The zero-order chi connectivity index (χ0) is 21.9. The van der Waals surface area contributed by atoms with Gasteiger partial charge in [0, 0.05) is 18.1 Å². The summed E-state index contributed by atoms with van der Waals surface area (Å²) in [5, 5.41) is 3.83. The van der Waals surface area contributed by atoms with Gasteiger partial charge in [0.05, 0.1) is 29.0 Å². The second-order valence-corrected chi connectivity index (χ2v) is 10.1. The van der Waals surface area contributed by atoms with Crippen LogP contribution in [-0.4, -0.2) is 38.8 Å². The summed E-state index contributed by atoms with van der Waals surface area (Å²) in [6, 6.07) is 11.4. The monoisotopic (exact) mass is 470 g/mol. The molecule has 162 valence electrons. The van der Waals surface area contributed by atoms with Crippen LogP contribution in [0.1, 0.15) is 31.4 Å². The van der Waals surface area contributed by atoms with Gasteiger partial charge in [-0.05, 0) is 55.7 Å². The molecule has 1 amide bonds. The van der Waals surface area contributed by atoms with Crippen molar-refractivity contribution in [3.05, 3.63) is 58.1 Å². The Hall–Kier alpha value is -1.80. The number of ether oxygens (including phenoxy) is 1. The van der Waals surface area contributed by atoms with E-state index < -0.39 is 15.9 Å². The highest BCUT2D eigenvalue weighted by Crippen LogP contribution is 2.30. The number of sulfonamides is 1. The van der Waals surface area contributed by atoms with E-state index in [0.717, 1.165) is 5.56 Å². The van der Waals surface area contributed by atoms with Gasteiger partial charge in [-0.2, -0.15) is 4.31 Å². The lowest BCUT2D eigenvalue weighted by atomic mass is 9.98. The summed E-state index contributed by atoms with van der Waals surface area (Å²) < 4.78 is 32.6. The van der Waals surface area contributed by atoms with Crippen molar-refractivity contribution in [3.8, 4) is 5.75 Å². The third-order valence-corrected chi connectivity index (χ3v) is 7.65. The first-order valence-corrected chi connectivity index (χ1v) is 11.8. The fourth-order valence-electron chi connectivity index (χ4n) is 3.50. The van der Waals surface area contributed by atoms with Gasteiger partial charge in [-0.25, -0.2) is 8.42 Å². The zero-order valence-corrected chi connectivity index (χ0v) is 19.1. The van der Waals surface area contributed by atoms with E-state index in [-0.39, 0.29) is 28.4 Å². The number of amides is 1. The molecule has 1 N–H and O–H groups in total. The van der Waals surface area contributed by atoms with Crippen LogP contribution in [-0.2, 0) is 14.8 Å². The van der Waals surface area contributed by atoms with Crippen molar-refractivity contribution in [1.82, 2.24) is 9.62 Å². The number of carbonyl (C=O) groups is 1. The van der Waals surface area contributed by atoms with Gasteiger partial charge in [-0.3, -0.25) is 4.79 Å². The maximum atomic E-state index is 13.1. The average molecular weight is 471 g/mol. The molecule has 1 saturated heterocycles. The van der Waals surface area contributed by atoms with Gasteiger partial charge in [0.1, 0.15) is 5.75 Å². The summed E-state index contributed by atoms with van der Waals surface area (Å²) in [4.78, 5) is 12.9. The van der Waals surface area contributed by atoms with Crippen molar-refractivity contribution in [2.75, 3.05) is 20.2 Å². The van der Waals surface area contributed by atoms with E-state index in [1.54, 1.807) is 12.1 Å². The highest BCUT2D eigenvalue weighted by atomic mass is 35.5. The summed E-state index contributed by atoms with van der Waals surface area (Å²) in [6.07, 6.45) is 1.24. The van der Waals surface area contributed by atoms with Crippen molar-refractivity contribution in [1.29, 1.82) is 0 Å². The molecule has 2 aromatic rings. The first-order valence-electron chi connectivity index (χ1n) is 9.62. The van der Waals surface area contributed by atoms with Crippen molar-refractivity contribution in [2.24, 2.45) is 5.92 Å². The second-order valence-electron chi connectivity index (χ2n) is 7.28. The minimum atomic E-state index is -3.76. The Morgan fingerprint density at radius 2 is 1.90 bits per heavy atom. The Balaban J connectivity index is 1.70. The lowest BCUT2D eigenvalue weighted by Gasteiger charge is -2.32. The number of carbonyl (C=O) groups excluding carboxylic acids is 1. The van der Waals surface area contributed by atoms with Gasteiger partial charge in [0.15, 0.2) is 0 Å². The van der Waals surface area contributed by atoms with E-state index >= 15 is 0 Å². The molecule has 6 nitrogen and oxygen atoms in total. The van der Waals surface area contributed by atoms with Crippen LogP contribution in [0.4, 0.5) is 0 Å². The summed E-state index contributed by atoms with van der Waals surface area (Å²) in [5.74, 6) is -0.176. The number of hydrogen-bond donors (Lipinski definition) is 1. The number of benzene rings is 2. The standard InChI is InChI=1S/C21H24Cl2N2O4S/c1-14(15-5-7-17(22)8-6-15)24-21(26)16-4-3-11-25(13-16)30(27,28)18-9-10-20(29-2)19(23)12-18/h5-10,12,14,16H,3-4,11,13H2,1-2H3,(H,24,26)/t14-,16+/m1/s1. The maximum Gasteiger partial charge on any atom is 0.243 e. The Bertz CT molecular complexity index is 1010. The topological polar surface area (TPSA) is 75.7 Å². The maximum absolute atomic E-state index is 13.1. The van der Waals surface area contributed by atoms with Crippen LogP contribution in [0.2, 0.25) is 10.0 Å². The van der Waals surface area contributed by atoms with E-state index in [1.165, 1.54) is 29.6 Å². The van der Waals surface area contributed by atoms with Crippen LogP contribution in [0.3, 0.4) is 0 Å². The van der Waals surface area contributed by atoms with Crippen LogP contribution in [0.25, 0.3) is 0 Å². The summed E-state index contributed by atoms with van der Waals surface area (Å²) in [6.45, 7) is 2.38. The molecule has 1 aliphatic rings. The highest BCUT2D eigenvalue weighted by Gasteiger charge is 2.34. The number of nitrogens with one attached hydrogen (secondary N) is 1. The molecule has 2 atom stereocenters. The molecule has 0 unspecified atom stereocenters. The molecule has 0 spiro atoms. The van der Waals surface area contributed by atoms with Gasteiger partial charge in [-0.1, -0.05) is 35.3 Å². The molecular weight excluding hydrogens is 447 g/mol. The Morgan fingerprint density at radius 1 is 1.20 bits per heavy atom. The van der Waals surface area contributed by atoms with E-state index in [9.17, 15) is 13.2 Å². The van der Waals surface area contributed by atoms with E-state index in [1.807, 2.05) is 19.1 Å². The summed E-state index contributed by atoms with van der Waals surface area (Å²) in [5.41, 5.74) is 0.931. The fraction of sp³-hybridized carbons (Fsp3) is 0.381. The second kappa shape index (κ2) is 9.56. The molecule has 0 saturated carbocycles. The molecule has 0 bridgehead atoms. The SMILES string of the molecule is COc1ccc(S(=O)(=O)N2CCC[C@H](C(=O)N[C@H](C)c3ccc(Cl)cc3)C2)cc1Cl. The molecule has 1 fully saturated rings. The quantitative estimate of drug-likeness (QED) is 0.683. The summed E-state index contributed by atoms with van der Waals surface area (Å²) >= 11 is 12.0. The number of rotatable bonds is 6. The van der Waals surface area contributed by atoms with Crippen LogP contribution >= 0.6 is 23.2 Å². The Morgan fingerprint density at radius 3 is 2.53 bits per heavy atom. The zero-order valence-electron chi connectivity index (χ0n) is 16.8. The minimum Gasteiger partial charge on any atom is -0.495 e. The molecule has 1 heterocycles.